The quantitative estimate of drug-likeness (QED) is 0.443. The van der Waals surface area contributed by atoms with Crippen LogP contribution >= 0.6 is 35.6 Å². The zero-order valence-electron chi connectivity index (χ0n) is 12.0. The van der Waals surface area contributed by atoms with Crippen molar-refractivity contribution in [3.63, 3.8) is 0 Å². The number of fused-ring (bicyclic) bond motifs is 1. The van der Waals surface area contributed by atoms with Gasteiger partial charge in [-0.3, -0.25) is 4.99 Å². The van der Waals surface area contributed by atoms with Crippen LogP contribution < -0.4 is 15.4 Å². The molecule has 2 N–H and O–H groups in total. The van der Waals surface area contributed by atoms with E-state index in [0.29, 0.717) is 24.1 Å². The van der Waals surface area contributed by atoms with E-state index in [2.05, 4.69) is 15.6 Å². The van der Waals surface area contributed by atoms with Crippen LogP contribution in [-0.2, 0) is 6.54 Å². The highest BCUT2D eigenvalue weighted by Gasteiger charge is 2.27. The van der Waals surface area contributed by atoms with Crippen LogP contribution in [0.2, 0.25) is 5.02 Å². The Bertz CT molecular complexity index is 646. The van der Waals surface area contributed by atoms with Crippen LogP contribution in [0, 0.1) is 0 Å². The number of hydrogen-bond acceptors (Lipinski definition) is 3. The highest BCUT2D eigenvalue weighted by atomic mass is 127. The molecule has 7 heteroatoms. The topological polar surface area (TPSA) is 58.8 Å². The summed E-state index contributed by atoms with van der Waals surface area (Å²) >= 11 is 6.25. The van der Waals surface area contributed by atoms with E-state index in [1.54, 1.807) is 13.3 Å². The van der Waals surface area contributed by atoms with Crippen molar-refractivity contribution in [2.75, 3.05) is 13.7 Å². The van der Waals surface area contributed by atoms with E-state index in [-0.39, 0.29) is 30.0 Å². The maximum absolute atomic E-state index is 6.25. The Morgan fingerprint density at radius 1 is 1.36 bits per heavy atom. The van der Waals surface area contributed by atoms with Gasteiger partial charge in [-0.15, -0.1) is 24.0 Å². The summed E-state index contributed by atoms with van der Waals surface area (Å²) in [5.74, 6) is 2.34. The van der Waals surface area contributed by atoms with Crippen molar-refractivity contribution in [2.45, 2.75) is 12.6 Å². The second-order valence-electron chi connectivity index (χ2n) is 4.66. The smallest absolute Gasteiger partial charge is 0.191 e. The van der Waals surface area contributed by atoms with Gasteiger partial charge in [0.1, 0.15) is 18.1 Å². The molecule has 1 aromatic carbocycles. The van der Waals surface area contributed by atoms with Crippen molar-refractivity contribution in [1.29, 1.82) is 0 Å². The molecule has 1 aliphatic rings. The van der Waals surface area contributed by atoms with Crippen LogP contribution in [-0.4, -0.2) is 19.6 Å². The third-order valence-corrected chi connectivity index (χ3v) is 3.64. The number of benzene rings is 1. The summed E-state index contributed by atoms with van der Waals surface area (Å²) in [6, 6.07) is 9.41. The Kier molecular flexibility index (Phi) is 5.96. The number of ether oxygens (including phenoxy) is 1. The van der Waals surface area contributed by atoms with Crippen LogP contribution in [0.5, 0.6) is 5.75 Å². The molecule has 0 amide bonds. The summed E-state index contributed by atoms with van der Waals surface area (Å²) in [6.45, 7) is 1.09. The number of hydrogen-bond donors (Lipinski definition) is 2. The van der Waals surface area contributed by atoms with E-state index >= 15 is 0 Å². The van der Waals surface area contributed by atoms with Crippen LogP contribution in [0.1, 0.15) is 17.4 Å². The lowest BCUT2D eigenvalue weighted by Crippen LogP contribution is -2.39. The molecule has 0 radical (unpaired) electrons. The van der Waals surface area contributed by atoms with Crippen LogP contribution in [0.25, 0.3) is 0 Å². The van der Waals surface area contributed by atoms with Gasteiger partial charge in [0.15, 0.2) is 5.96 Å². The number of nitrogens with one attached hydrogen (secondary N) is 2. The van der Waals surface area contributed by atoms with Gasteiger partial charge in [0.2, 0.25) is 0 Å². The Labute approximate surface area is 151 Å². The molecule has 0 fully saturated rings. The molecular weight excluding hydrogens is 417 g/mol. The fraction of sp³-hybridized carbons (Fsp3) is 0.267. The molecule has 0 aliphatic carbocycles. The van der Waals surface area contributed by atoms with Crippen molar-refractivity contribution in [2.24, 2.45) is 4.99 Å². The van der Waals surface area contributed by atoms with Crippen molar-refractivity contribution in [3.8, 4) is 5.75 Å². The minimum atomic E-state index is -0.0171. The number of nitrogens with zero attached hydrogens (tertiary/aromatic N) is 1. The van der Waals surface area contributed by atoms with Crippen LogP contribution in [0.15, 0.2) is 46.0 Å². The first-order chi connectivity index (χ1) is 10.3. The summed E-state index contributed by atoms with van der Waals surface area (Å²) in [4.78, 5) is 4.21. The number of guanidine groups is 1. The van der Waals surface area contributed by atoms with Crippen molar-refractivity contribution in [1.82, 2.24) is 10.6 Å². The average molecular weight is 434 g/mol. The largest absolute Gasteiger partial charge is 0.491 e. The monoisotopic (exact) mass is 433 g/mol. The zero-order valence-corrected chi connectivity index (χ0v) is 15.1. The zero-order chi connectivity index (χ0) is 14.7. The molecule has 22 heavy (non-hydrogen) atoms. The first-order valence-corrected chi connectivity index (χ1v) is 7.06. The summed E-state index contributed by atoms with van der Waals surface area (Å²) in [5, 5.41) is 7.21. The lowest BCUT2D eigenvalue weighted by molar-refractivity contribution is 0.323. The fourth-order valence-corrected chi connectivity index (χ4v) is 2.59. The molecule has 0 spiro atoms. The van der Waals surface area contributed by atoms with Gasteiger partial charge < -0.3 is 19.8 Å². The van der Waals surface area contributed by atoms with E-state index in [0.717, 1.165) is 17.1 Å². The predicted molar refractivity (Wildman–Crippen MR) is 97.1 cm³/mol. The van der Waals surface area contributed by atoms with Crippen molar-refractivity contribution >= 4 is 41.5 Å². The number of halogens is 2. The molecule has 1 unspecified atom stereocenters. The molecule has 0 bridgehead atoms. The summed E-state index contributed by atoms with van der Waals surface area (Å²) in [7, 11) is 1.72. The van der Waals surface area contributed by atoms with Gasteiger partial charge in [-0.25, -0.2) is 0 Å². The van der Waals surface area contributed by atoms with E-state index in [1.165, 1.54) is 0 Å². The van der Waals surface area contributed by atoms with E-state index in [9.17, 15) is 0 Å². The molecule has 2 heterocycles. The predicted octanol–water partition coefficient (Wildman–Crippen LogP) is 3.35. The molecular formula is C15H17ClIN3O2. The molecule has 1 aliphatic heterocycles. The van der Waals surface area contributed by atoms with Gasteiger partial charge in [0.05, 0.1) is 18.8 Å². The van der Waals surface area contributed by atoms with Crippen LogP contribution in [0.4, 0.5) is 0 Å². The fourth-order valence-electron chi connectivity index (χ4n) is 2.30. The SMILES string of the molecule is CN=C(NCc1ccco1)NC1COc2cccc(Cl)c21.I. The molecule has 1 aromatic heterocycles. The molecule has 118 valence electrons. The molecule has 1 atom stereocenters. The summed E-state index contributed by atoms with van der Waals surface area (Å²) in [6.07, 6.45) is 1.65. The van der Waals surface area contributed by atoms with Gasteiger partial charge in [-0.2, -0.15) is 0 Å². The average Bonchev–Trinajstić information content (AvgIpc) is 3.13. The molecule has 3 rings (SSSR count). The standard InChI is InChI=1S/C15H16ClN3O2.HI/c1-17-15(18-8-10-4-3-7-20-10)19-12-9-21-13-6-2-5-11(16)14(12)13;/h2-7,12H,8-9H2,1H3,(H2,17,18,19);1H. The lowest BCUT2D eigenvalue weighted by Gasteiger charge is -2.16. The van der Waals surface area contributed by atoms with Crippen molar-refractivity contribution < 1.29 is 9.15 Å². The third-order valence-electron chi connectivity index (χ3n) is 3.31. The maximum atomic E-state index is 6.25. The third kappa shape index (κ3) is 3.67. The second kappa shape index (κ2) is 7.73. The summed E-state index contributed by atoms with van der Waals surface area (Å²) < 4.78 is 10.9. The normalized spacial score (nSPS) is 16.5. The minimum absolute atomic E-state index is 0. The number of aliphatic imine (C=N–C) groups is 1. The van der Waals surface area contributed by atoms with Gasteiger partial charge in [0.25, 0.3) is 0 Å². The highest BCUT2D eigenvalue weighted by Crippen LogP contribution is 2.37. The Hall–Kier alpha value is -1.41. The van der Waals surface area contributed by atoms with E-state index in [1.807, 2.05) is 30.3 Å². The maximum Gasteiger partial charge on any atom is 0.191 e. The van der Waals surface area contributed by atoms with Gasteiger partial charge in [0, 0.05) is 17.6 Å². The van der Waals surface area contributed by atoms with Gasteiger partial charge in [-0.1, -0.05) is 17.7 Å². The Morgan fingerprint density at radius 3 is 2.95 bits per heavy atom. The number of rotatable bonds is 3. The Balaban J connectivity index is 0.00000176. The van der Waals surface area contributed by atoms with Crippen molar-refractivity contribution in [3.05, 3.63) is 52.9 Å². The second-order valence-corrected chi connectivity index (χ2v) is 5.07. The summed E-state index contributed by atoms with van der Waals surface area (Å²) in [5.41, 5.74) is 0.972. The van der Waals surface area contributed by atoms with Gasteiger partial charge in [-0.05, 0) is 24.3 Å². The molecule has 0 saturated heterocycles. The molecule has 0 saturated carbocycles. The molecule has 5 nitrogen and oxygen atoms in total. The van der Waals surface area contributed by atoms with Crippen LogP contribution in [0.3, 0.4) is 0 Å². The highest BCUT2D eigenvalue weighted by molar-refractivity contribution is 14.0. The minimum Gasteiger partial charge on any atom is -0.491 e. The van der Waals surface area contributed by atoms with Gasteiger partial charge >= 0.3 is 0 Å². The number of furan rings is 1. The molecule has 2 aromatic rings. The van der Waals surface area contributed by atoms with E-state index in [4.69, 9.17) is 20.8 Å². The Morgan fingerprint density at radius 2 is 2.23 bits per heavy atom. The first-order valence-electron chi connectivity index (χ1n) is 6.68. The first kappa shape index (κ1) is 17.0. The van der Waals surface area contributed by atoms with E-state index < -0.39 is 0 Å². The lowest BCUT2D eigenvalue weighted by atomic mass is 10.1.